The Balaban J connectivity index is 2.42. The van der Waals surface area contributed by atoms with Gasteiger partial charge in [-0.1, -0.05) is 19.1 Å². The molecule has 0 saturated heterocycles. The summed E-state index contributed by atoms with van der Waals surface area (Å²) >= 11 is 0. The highest BCUT2D eigenvalue weighted by molar-refractivity contribution is 5.28. The Bertz CT molecular complexity index is 373. The predicted octanol–water partition coefficient (Wildman–Crippen LogP) is 3.94. The lowest BCUT2D eigenvalue weighted by Crippen LogP contribution is -2.25. The third-order valence-electron chi connectivity index (χ3n) is 3.61. The number of rotatable bonds is 9. The molecule has 0 spiro atoms. The third kappa shape index (κ3) is 5.93. The summed E-state index contributed by atoms with van der Waals surface area (Å²) in [6, 6.07) is 8.73. The van der Waals surface area contributed by atoms with Gasteiger partial charge in [0.05, 0.1) is 12.2 Å². The molecule has 1 aromatic carbocycles. The molecule has 1 N–H and O–H groups in total. The molecule has 0 saturated carbocycles. The maximum absolute atomic E-state index is 5.76. The summed E-state index contributed by atoms with van der Waals surface area (Å²) < 4.78 is 11.1. The van der Waals surface area contributed by atoms with E-state index in [-0.39, 0.29) is 5.60 Å². The number of hydrogen-bond acceptors (Lipinski definition) is 3. The first-order valence-electron chi connectivity index (χ1n) is 7.50. The van der Waals surface area contributed by atoms with E-state index in [2.05, 4.69) is 45.1 Å². The molecule has 0 radical (unpaired) electrons. The number of ether oxygens (including phenoxy) is 2. The summed E-state index contributed by atoms with van der Waals surface area (Å²) in [5.41, 5.74) is 1.17. The van der Waals surface area contributed by atoms with Gasteiger partial charge in [-0.25, -0.2) is 0 Å². The normalized spacial score (nSPS) is 13.2. The van der Waals surface area contributed by atoms with Crippen LogP contribution in [0, 0.1) is 0 Å². The van der Waals surface area contributed by atoms with Crippen LogP contribution in [0.4, 0.5) is 0 Å². The molecule has 20 heavy (non-hydrogen) atoms. The molecule has 0 aromatic heterocycles. The minimum Gasteiger partial charge on any atom is -0.493 e. The summed E-state index contributed by atoms with van der Waals surface area (Å²) in [5, 5.41) is 3.48. The molecule has 114 valence electrons. The van der Waals surface area contributed by atoms with E-state index in [1.807, 2.05) is 12.1 Å². The quantitative estimate of drug-likeness (QED) is 0.742. The monoisotopic (exact) mass is 279 g/mol. The van der Waals surface area contributed by atoms with Crippen LogP contribution < -0.4 is 10.1 Å². The average molecular weight is 279 g/mol. The standard InChI is InChI=1S/C17H29NO2/c1-6-12-18-14(2)15-7-9-16(10-8-15)20-13-11-17(3,4)19-5/h7-10,14,18H,6,11-13H2,1-5H3. The summed E-state index contributed by atoms with van der Waals surface area (Å²) in [6.45, 7) is 10.2. The number of methoxy groups -OCH3 is 1. The Morgan fingerprint density at radius 2 is 1.85 bits per heavy atom. The molecule has 0 bridgehead atoms. The molecular formula is C17H29NO2. The second-order valence-corrected chi connectivity index (χ2v) is 5.81. The third-order valence-corrected chi connectivity index (χ3v) is 3.61. The number of nitrogens with one attached hydrogen (secondary N) is 1. The first-order chi connectivity index (χ1) is 9.48. The summed E-state index contributed by atoms with van der Waals surface area (Å²) in [4.78, 5) is 0. The summed E-state index contributed by atoms with van der Waals surface area (Å²) in [7, 11) is 1.74. The molecule has 1 unspecified atom stereocenters. The zero-order valence-corrected chi connectivity index (χ0v) is 13.5. The van der Waals surface area contributed by atoms with Crippen molar-refractivity contribution >= 4 is 0 Å². The van der Waals surface area contributed by atoms with E-state index >= 15 is 0 Å². The van der Waals surface area contributed by atoms with Crippen LogP contribution in [0.2, 0.25) is 0 Å². The van der Waals surface area contributed by atoms with Gasteiger partial charge >= 0.3 is 0 Å². The Kier molecular flexibility index (Phi) is 7.03. The maximum Gasteiger partial charge on any atom is 0.119 e. The van der Waals surface area contributed by atoms with Crippen molar-refractivity contribution in [3.05, 3.63) is 29.8 Å². The van der Waals surface area contributed by atoms with Gasteiger partial charge in [-0.05, 0) is 51.4 Å². The lowest BCUT2D eigenvalue weighted by atomic mass is 10.1. The van der Waals surface area contributed by atoms with Gasteiger partial charge < -0.3 is 14.8 Å². The molecule has 0 aliphatic carbocycles. The molecular weight excluding hydrogens is 250 g/mol. The van der Waals surface area contributed by atoms with Crippen LogP contribution >= 0.6 is 0 Å². The first kappa shape index (κ1) is 17.0. The number of hydrogen-bond donors (Lipinski definition) is 1. The topological polar surface area (TPSA) is 30.5 Å². The highest BCUT2D eigenvalue weighted by Gasteiger charge is 2.15. The van der Waals surface area contributed by atoms with Crippen molar-refractivity contribution in [2.24, 2.45) is 0 Å². The minimum atomic E-state index is -0.126. The van der Waals surface area contributed by atoms with Crippen LogP contribution in [-0.2, 0) is 4.74 Å². The molecule has 1 rings (SSSR count). The fourth-order valence-corrected chi connectivity index (χ4v) is 1.85. The van der Waals surface area contributed by atoms with E-state index in [0.29, 0.717) is 12.6 Å². The van der Waals surface area contributed by atoms with Crippen LogP contribution in [0.1, 0.15) is 52.1 Å². The van der Waals surface area contributed by atoms with Crippen LogP contribution in [-0.4, -0.2) is 25.9 Å². The highest BCUT2D eigenvalue weighted by Crippen LogP contribution is 2.19. The van der Waals surface area contributed by atoms with Gasteiger partial charge in [0.2, 0.25) is 0 Å². The van der Waals surface area contributed by atoms with Crippen molar-refractivity contribution in [2.75, 3.05) is 20.3 Å². The first-order valence-corrected chi connectivity index (χ1v) is 7.50. The van der Waals surface area contributed by atoms with Gasteiger partial charge in [-0.15, -0.1) is 0 Å². The Morgan fingerprint density at radius 3 is 2.40 bits per heavy atom. The second kappa shape index (κ2) is 8.28. The summed E-state index contributed by atoms with van der Waals surface area (Å²) in [6.07, 6.45) is 2.03. The molecule has 3 heteroatoms. The van der Waals surface area contributed by atoms with Crippen LogP contribution in [0.3, 0.4) is 0 Å². The van der Waals surface area contributed by atoms with E-state index in [0.717, 1.165) is 25.1 Å². The van der Waals surface area contributed by atoms with E-state index in [1.165, 1.54) is 5.56 Å². The highest BCUT2D eigenvalue weighted by atomic mass is 16.5. The molecule has 0 amide bonds. The van der Waals surface area contributed by atoms with Crippen molar-refractivity contribution in [3.63, 3.8) is 0 Å². The summed E-state index contributed by atoms with van der Waals surface area (Å²) in [5.74, 6) is 0.920. The second-order valence-electron chi connectivity index (χ2n) is 5.81. The molecule has 3 nitrogen and oxygen atoms in total. The Morgan fingerprint density at radius 1 is 1.20 bits per heavy atom. The van der Waals surface area contributed by atoms with E-state index < -0.39 is 0 Å². The van der Waals surface area contributed by atoms with Crippen molar-refractivity contribution in [1.29, 1.82) is 0 Å². The maximum atomic E-state index is 5.76. The molecule has 0 heterocycles. The predicted molar refractivity (Wildman–Crippen MR) is 84.4 cm³/mol. The fraction of sp³-hybridized carbons (Fsp3) is 0.647. The lowest BCUT2D eigenvalue weighted by Gasteiger charge is -2.22. The van der Waals surface area contributed by atoms with E-state index in [4.69, 9.17) is 9.47 Å². The van der Waals surface area contributed by atoms with Gasteiger partial charge in [0.15, 0.2) is 0 Å². The SMILES string of the molecule is CCCNC(C)c1ccc(OCCC(C)(C)OC)cc1. The van der Waals surface area contributed by atoms with Crippen LogP contribution in [0.15, 0.2) is 24.3 Å². The molecule has 1 aromatic rings. The number of benzene rings is 1. The smallest absolute Gasteiger partial charge is 0.119 e. The molecule has 1 atom stereocenters. The van der Waals surface area contributed by atoms with Crippen molar-refractivity contribution in [1.82, 2.24) is 5.32 Å². The van der Waals surface area contributed by atoms with Gasteiger partial charge in [0, 0.05) is 19.6 Å². The molecule has 0 fully saturated rings. The Labute approximate surface area is 123 Å². The lowest BCUT2D eigenvalue weighted by molar-refractivity contribution is 0.00545. The van der Waals surface area contributed by atoms with Crippen LogP contribution in [0.5, 0.6) is 5.75 Å². The van der Waals surface area contributed by atoms with E-state index in [1.54, 1.807) is 7.11 Å². The molecule has 0 aliphatic rings. The van der Waals surface area contributed by atoms with Gasteiger partial charge in [-0.3, -0.25) is 0 Å². The fourth-order valence-electron chi connectivity index (χ4n) is 1.85. The van der Waals surface area contributed by atoms with Gasteiger partial charge in [0.25, 0.3) is 0 Å². The van der Waals surface area contributed by atoms with Crippen molar-refractivity contribution in [3.8, 4) is 5.75 Å². The zero-order valence-electron chi connectivity index (χ0n) is 13.5. The largest absolute Gasteiger partial charge is 0.493 e. The van der Waals surface area contributed by atoms with Crippen LogP contribution in [0.25, 0.3) is 0 Å². The Hall–Kier alpha value is -1.06. The van der Waals surface area contributed by atoms with Crippen molar-refractivity contribution < 1.29 is 9.47 Å². The zero-order chi connectivity index (χ0) is 15.0. The minimum absolute atomic E-state index is 0.126. The van der Waals surface area contributed by atoms with E-state index in [9.17, 15) is 0 Å². The van der Waals surface area contributed by atoms with Gasteiger partial charge in [0.1, 0.15) is 5.75 Å². The van der Waals surface area contributed by atoms with Gasteiger partial charge in [-0.2, -0.15) is 0 Å². The molecule has 0 aliphatic heterocycles. The average Bonchev–Trinajstić information content (AvgIpc) is 2.45. The van der Waals surface area contributed by atoms with Crippen molar-refractivity contribution in [2.45, 2.75) is 52.2 Å².